The third-order valence-electron chi connectivity index (χ3n) is 6.04. The normalized spacial score (nSPS) is 19.5. The lowest BCUT2D eigenvalue weighted by Crippen LogP contribution is -2.38. The van der Waals surface area contributed by atoms with Crippen molar-refractivity contribution in [1.29, 1.82) is 0 Å². The van der Waals surface area contributed by atoms with Crippen LogP contribution in [-0.2, 0) is 9.59 Å². The predicted octanol–water partition coefficient (Wildman–Crippen LogP) is 4.19. The van der Waals surface area contributed by atoms with Crippen molar-refractivity contribution in [2.45, 2.75) is 32.6 Å². The van der Waals surface area contributed by atoms with Crippen molar-refractivity contribution in [3.05, 3.63) is 39.9 Å². The minimum Gasteiger partial charge on any atom is -0.341 e. The van der Waals surface area contributed by atoms with Crippen LogP contribution in [0, 0.1) is 5.92 Å². The average Bonchev–Trinajstić information content (AvgIpc) is 2.92. The Bertz CT molecular complexity index is 776. The van der Waals surface area contributed by atoms with Crippen molar-refractivity contribution in [2.75, 3.05) is 45.8 Å². The van der Waals surface area contributed by atoms with Gasteiger partial charge in [-0.15, -0.1) is 0 Å². The van der Waals surface area contributed by atoms with Gasteiger partial charge in [0.25, 0.3) is 0 Å². The first-order valence-corrected chi connectivity index (χ1v) is 11.6. The van der Waals surface area contributed by atoms with E-state index >= 15 is 0 Å². The molecule has 2 aliphatic heterocycles. The van der Waals surface area contributed by atoms with Crippen molar-refractivity contribution in [3.63, 3.8) is 0 Å². The van der Waals surface area contributed by atoms with Crippen molar-refractivity contribution in [3.8, 4) is 0 Å². The van der Waals surface area contributed by atoms with E-state index in [1.165, 1.54) is 32.0 Å². The molecule has 7 heteroatoms. The van der Waals surface area contributed by atoms with E-state index in [0.717, 1.165) is 31.0 Å². The Morgan fingerprint density at radius 1 is 1.07 bits per heavy atom. The van der Waals surface area contributed by atoms with Crippen LogP contribution in [0.1, 0.15) is 38.2 Å². The fraction of sp³-hybridized carbons (Fsp3) is 0.565. The van der Waals surface area contributed by atoms with E-state index < -0.39 is 0 Å². The second kappa shape index (κ2) is 11.2. The lowest BCUT2D eigenvalue weighted by Gasteiger charge is -2.31. The summed E-state index contributed by atoms with van der Waals surface area (Å²) < 4.78 is 0. The molecule has 0 unspecified atom stereocenters. The molecule has 164 valence electrons. The zero-order chi connectivity index (χ0) is 21.5. The van der Waals surface area contributed by atoms with Crippen LogP contribution in [0.15, 0.2) is 24.3 Å². The molecule has 2 heterocycles. The summed E-state index contributed by atoms with van der Waals surface area (Å²) >= 11 is 11.9. The highest BCUT2D eigenvalue weighted by Gasteiger charge is 2.23. The fourth-order valence-corrected chi connectivity index (χ4v) is 4.29. The van der Waals surface area contributed by atoms with Gasteiger partial charge in [-0.25, -0.2) is 0 Å². The minimum absolute atomic E-state index is 0.0850. The Balaban J connectivity index is 1.45. The third kappa shape index (κ3) is 6.73. The molecule has 0 aliphatic carbocycles. The van der Waals surface area contributed by atoms with Gasteiger partial charge in [0.1, 0.15) is 0 Å². The van der Waals surface area contributed by atoms with Crippen molar-refractivity contribution >= 4 is 41.1 Å². The SMILES string of the molecule is CC1CCN(CCCN2CCN(C(=O)C=Cc3ccc(Cl)c(Cl)c3)CCC2=O)CC1. The molecule has 0 atom stereocenters. The van der Waals surface area contributed by atoms with Gasteiger partial charge >= 0.3 is 0 Å². The van der Waals surface area contributed by atoms with Gasteiger partial charge in [-0.3, -0.25) is 9.59 Å². The lowest BCUT2D eigenvalue weighted by molar-refractivity contribution is -0.130. The van der Waals surface area contributed by atoms with Crippen molar-refractivity contribution < 1.29 is 9.59 Å². The first-order valence-electron chi connectivity index (χ1n) is 10.8. The van der Waals surface area contributed by atoms with E-state index in [1.807, 2.05) is 11.0 Å². The van der Waals surface area contributed by atoms with Crippen LogP contribution in [0.5, 0.6) is 0 Å². The van der Waals surface area contributed by atoms with E-state index in [0.29, 0.717) is 36.1 Å². The molecule has 5 nitrogen and oxygen atoms in total. The first-order chi connectivity index (χ1) is 14.4. The number of piperidine rings is 1. The van der Waals surface area contributed by atoms with Gasteiger partial charge < -0.3 is 14.7 Å². The second-order valence-electron chi connectivity index (χ2n) is 8.34. The monoisotopic (exact) mass is 451 g/mol. The standard InChI is InChI=1S/C23H31Cl2N3O2/c1-18-7-12-26(13-8-18)10-2-11-27-15-16-28(14-9-23(27)30)22(29)6-4-19-3-5-20(24)21(25)17-19/h3-6,17-18H,2,7-16H2,1H3. The summed E-state index contributed by atoms with van der Waals surface area (Å²) in [6, 6.07) is 5.25. The number of amides is 2. The Kier molecular flexibility index (Phi) is 8.61. The van der Waals surface area contributed by atoms with Crippen LogP contribution < -0.4 is 0 Å². The van der Waals surface area contributed by atoms with Gasteiger partial charge in [-0.1, -0.05) is 36.2 Å². The number of nitrogens with zero attached hydrogens (tertiary/aromatic N) is 3. The van der Waals surface area contributed by atoms with E-state index in [2.05, 4.69) is 11.8 Å². The summed E-state index contributed by atoms with van der Waals surface area (Å²) in [5.74, 6) is 0.895. The molecule has 2 saturated heterocycles. The molecule has 2 aliphatic rings. The third-order valence-corrected chi connectivity index (χ3v) is 6.78. The van der Waals surface area contributed by atoms with E-state index in [4.69, 9.17) is 23.2 Å². The second-order valence-corrected chi connectivity index (χ2v) is 9.16. The Hall–Kier alpha value is -1.56. The molecule has 2 amide bonds. The number of carbonyl (C=O) groups excluding carboxylic acids is 2. The molecule has 1 aromatic carbocycles. The number of likely N-dealkylation sites (tertiary alicyclic amines) is 1. The molecule has 0 aromatic heterocycles. The quantitative estimate of drug-likeness (QED) is 0.608. The summed E-state index contributed by atoms with van der Waals surface area (Å²) in [6.45, 7) is 8.10. The highest BCUT2D eigenvalue weighted by Crippen LogP contribution is 2.23. The van der Waals surface area contributed by atoms with E-state index in [9.17, 15) is 9.59 Å². The maximum Gasteiger partial charge on any atom is 0.246 e. The number of hydrogen-bond donors (Lipinski definition) is 0. The molecular formula is C23H31Cl2N3O2. The smallest absolute Gasteiger partial charge is 0.246 e. The average molecular weight is 452 g/mol. The van der Waals surface area contributed by atoms with Gasteiger partial charge in [-0.2, -0.15) is 0 Å². The molecule has 0 N–H and O–H groups in total. The highest BCUT2D eigenvalue weighted by atomic mass is 35.5. The van der Waals surface area contributed by atoms with Crippen LogP contribution in [0.2, 0.25) is 10.0 Å². The fourth-order valence-electron chi connectivity index (χ4n) is 3.98. The maximum absolute atomic E-state index is 12.6. The van der Waals surface area contributed by atoms with E-state index in [1.54, 1.807) is 23.1 Å². The number of rotatable bonds is 6. The molecule has 3 rings (SSSR count). The van der Waals surface area contributed by atoms with Gasteiger partial charge in [0, 0.05) is 38.7 Å². The van der Waals surface area contributed by atoms with Crippen LogP contribution in [0.25, 0.3) is 6.08 Å². The lowest BCUT2D eigenvalue weighted by atomic mass is 9.99. The van der Waals surface area contributed by atoms with Crippen LogP contribution in [-0.4, -0.2) is 72.3 Å². The predicted molar refractivity (Wildman–Crippen MR) is 123 cm³/mol. The summed E-state index contributed by atoms with van der Waals surface area (Å²) in [7, 11) is 0. The molecular weight excluding hydrogens is 421 g/mol. The zero-order valence-corrected chi connectivity index (χ0v) is 19.2. The molecule has 0 bridgehead atoms. The Labute approximate surface area is 189 Å². The number of carbonyl (C=O) groups is 2. The minimum atomic E-state index is -0.0850. The largest absolute Gasteiger partial charge is 0.341 e. The van der Waals surface area contributed by atoms with Gasteiger partial charge in [-0.05, 0) is 68.6 Å². The summed E-state index contributed by atoms with van der Waals surface area (Å²) in [5.41, 5.74) is 0.817. The number of benzene rings is 1. The number of hydrogen-bond acceptors (Lipinski definition) is 3. The van der Waals surface area contributed by atoms with E-state index in [-0.39, 0.29) is 11.8 Å². The molecule has 1 aromatic rings. The Morgan fingerprint density at radius 3 is 2.57 bits per heavy atom. The number of halogens is 2. The van der Waals surface area contributed by atoms with Gasteiger partial charge in [0.2, 0.25) is 11.8 Å². The molecule has 0 spiro atoms. The van der Waals surface area contributed by atoms with Crippen molar-refractivity contribution in [2.24, 2.45) is 5.92 Å². The molecule has 0 radical (unpaired) electrons. The Morgan fingerprint density at radius 2 is 1.83 bits per heavy atom. The molecule has 0 saturated carbocycles. The highest BCUT2D eigenvalue weighted by molar-refractivity contribution is 6.42. The summed E-state index contributed by atoms with van der Waals surface area (Å²) in [5, 5.41) is 0.947. The zero-order valence-electron chi connectivity index (χ0n) is 17.7. The molecule has 30 heavy (non-hydrogen) atoms. The topological polar surface area (TPSA) is 43.9 Å². The van der Waals surface area contributed by atoms with Gasteiger partial charge in [0.05, 0.1) is 10.0 Å². The summed E-state index contributed by atoms with van der Waals surface area (Å²) in [4.78, 5) is 31.2. The van der Waals surface area contributed by atoms with Crippen LogP contribution in [0.3, 0.4) is 0 Å². The molecule has 2 fully saturated rings. The van der Waals surface area contributed by atoms with Gasteiger partial charge in [0.15, 0.2) is 0 Å². The van der Waals surface area contributed by atoms with Crippen LogP contribution in [0.4, 0.5) is 0 Å². The van der Waals surface area contributed by atoms with Crippen molar-refractivity contribution in [1.82, 2.24) is 14.7 Å². The first kappa shape index (κ1) is 23.1. The van der Waals surface area contributed by atoms with Crippen LogP contribution >= 0.6 is 23.2 Å². The maximum atomic E-state index is 12.6. The summed E-state index contributed by atoms with van der Waals surface area (Å²) in [6.07, 6.45) is 7.19.